The molecule has 0 heterocycles. The smallest absolute Gasteiger partial charge is 0.262 e. The molecule has 3 rings (SSSR count). The predicted octanol–water partition coefficient (Wildman–Crippen LogP) is 6.20. The number of amides is 1. The van der Waals surface area contributed by atoms with E-state index < -0.39 is 5.91 Å². The second-order valence-electron chi connectivity index (χ2n) is 7.34. The lowest BCUT2D eigenvalue weighted by molar-refractivity contribution is -0.117. The number of nitriles is 1. The first-order valence-electron chi connectivity index (χ1n) is 10.8. The Morgan fingerprint density at radius 1 is 1.06 bits per heavy atom. The Balaban J connectivity index is 1.77. The fourth-order valence-corrected chi connectivity index (χ4v) is 3.64. The van der Waals surface area contributed by atoms with E-state index in [0.717, 1.165) is 16.9 Å². The Morgan fingerprint density at radius 2 is 1.80 bits per heavy atom. The molecule has 35 heavy (non-hydrogen) atoms. The van der Waals surface area contributed by atoms with Crippen LogP contribution in [0.5, 0.6) is 17.2 Å². The highest BCUT2D eigenvalue weighted by Crippen LogP contribution is 2.38. The minimum atomic E-state index is -0.503. The standard InChI is InChI=1S/C27H24Cl2N2O4/c1-3-34-25-14-19(13-24(29)26(25)35-17-20-6-4-5-7-23(20)28)12-21(15-30)27(32)31-16-18-8-10-22(33-2)11-9-18/h4-14H,3,16-17H2,1-2H3,(H,31,32)/b21-12-. The second kappa shape index (κ2) is 12.7. The highest BCUT2D eigenvalue weighted by Gasteiger charge is 2.15. The minimum absolute atomic E-state index is 0.0678. The molecule has 0 radical (unpaired) electrons. The topological polar surface area (TPSA) is 80.6 Å². The van der Waals surface area contributed by atoms with E-state index in [1.807, 2.05) is 43.3 Å². The molecule has 0 aliphatic rings. The molecule has 1 amide bonds. The van der Waals surface area contributed by atoms with Crippen LogP contribution in [-0.2, 0) is 17.9 Å². The maximum Gasteiger partial charge on any atom is 0.262 e. The zero-order valence-electron chi connectivity index (χ0n) is 19.3. The van der Waals surface area contributed by atoms with E-state index in [1.54, 1.807) is 37.4 Å². The molecule has 0 atom stereocenters. The molecule has 6 nitrogen and oxygen atoms in total. The fourth-order valence-electron chi connectivity index (χ4n) is 3.18. The van der Waals surface area contributed by atoms with Crippen LogP contribution in [0, 0.1) is 11.3 Å². The number of hydrogen-bond donors (Lipinski definition) is 1. The zero-order valence-corrected chi connectivity index (χ0v) is 20.8. The molecule has 0 saturated carbocycles. The molecular weight excluding hydrogens is 487 g/mol. The third kappa shape index (κ3) is 7.16. The van der Waals surface area contributed by atoms with Crippen molar-refractivity contribution < 1.29 is 19.0 Å². The van der Waals surface area contributed by atoms with Gasteiger partial charge in [0.2, 0.25) is 0 Å². The van der Waals surface area contributed by atoms with Gasteiger partial charge in [-0.3, -0.25) is 4.79 Å². The van der Waals surface area contributed by atoms with Gasteiger partial charge in [-0.15, -0.1) is 0 Å². The first-order valence-corrected chi connectivity index (χ1v) is 11.6. The number of methoxy groups -OCH3 is 1. The van der Waals surface area contributed by atoms with Gasteiger partial charge in [-0.1, -0.05) is 53.5 Å². The molecule has 0 unspecified atom stereocenters. The van der Waals surface area contributed by atoms with Crippen molar-refractivity contribution in [1.29, 1.82) is 5.26 Å². The van der Waals surface area contributed by atoms with E-state index in [1.165, 1.54) is 6.08 Å². The van der Waals surface area contributed by atoms with Gasteiger partial charge in [-0.05, 0) is 54.5 Å². The van der Waals surface area contributed by atoms with E-state index in [2.05, 4.69) is 5.32 Å². The van der Waals surface area contributed by atoms with Crippen LogP contribution in [0.3, 0.4) is 0 Å². The zero-order chi connectivity index (χ0) is 25.2. The Hall–Kier alpha value is -3.66. The van der Waals surface area contributed by atoms with Crippen LogP contribution in [0.15, 0.2) is 66.2 Å². The summed E-state index contributed by atoms with van der Waals surface area (Å²) in [5.41, 5.74) is 2.14. The van der Waals surface area contributed by atoms with Gasteiger partial charge < -0.3 is 19.5 Å². The molecule has 0 aliphatic heterocycles. The SMILES string of the molecule is CCOc1cc(/C=C(/C#N)C(=O)NCc2ccc(OC)cc2)cc(Cl)c1OCc1ccccc1Cl. The van der Waals surface area contributed by atoms with Gasteiger partial charge in [-0.2, -0.15) is 5.26 Å². The summed E-state index contributed by atoms with van der Waals surface area (Å²) >= 11 is 12.7. The van der Waals surface area contributed by atoms with E-state index in [-0.39, 0.29) is 23.7 Å². The van der Waals surface area contributed by atoms with Gasteiger partial charge in [-0.25, -0.2) is 0 Å². The van der Waals surface area contributed by atoms with Crippen molar-refractivity contribution >= 4 is 35.2 Å². The molecule has 0 fully saturated rings. The Kier molecular flexibility index (Phi) is 9.42. The van der Waals surface area contributed by atoms with Crippen molar-refractivity contribution in [1.82, 2.24) is 5.32 Å². The van der Waals surface area contributed by atoms with Crippen LogP contribution in [0.4, 0.5) is 0 Å². The molecular formula is C27H24Cl2N2O4. The molecule has 1 N–H and O–H groups in total. The predicted molar refractivity (Wildman–Crippen MR) is 137 cm³/mol. The molecule has 0 bridgehead atoms. The summed E-state index contributed by atoms with van der Waals surface area (Å²) in [5.74, 6) is 0.970. The number of carbonyl (C=O) groups excluding carboxylic acids is 1. The number of hydrogen-bond acceptors (Lipinski definition) is 5. The van der Waals surface area contributed by atoms with Crippen molar-refractivity contribution in [3.63, 3.8) is 0 Å². The average Bonchev–Trinajstić information content (AvgIpc) is 2.86. The normalized spacial score (nSPS) is 10.9. The maximum atomic E-state index is 12.6. The van der Waals surface area contributed by atoms with Crippen LogP contribution in [0.1, 0.15) is 23.6 Å². The van der Waals surface area contributed by atoms with Gasteiger partial charge in [0.1, 0.15) is 24.0 Å². The lowest BCUT2D eigenvalue weighted by atomic mass is 10.1. The number of nitrogens with zero attached hydrogens (tertiary/aromatic N) is 1. The van der Waals surface area contributed by atoms with Crippen molar-refractivity contribution in [2.45, 2.75) is 20.1 Å². The summed E-state index contributed by atoms with van der Waals surface area (Å²) in [6, 6.07) is 19.8. The molecule has 8 heteroatoms. The van der Waals surface area contributed by atoms with E-state index in [4.69, 9.17) is 37.4 Å². The highest BCUT2D eigenvalue weighted by molar-refractivity contribution is 6.32. The van der Waals surface area contributed by atoms with Gasteiger partial charge in [0.25, 0.3) is 5.91 Å². The molecule has 0 saturated heterocycles. The van der Waals surface area contributed by atoms with Gasteiger partial charge in [0.05, 0.1) is 18.7 Å². The van der Waals surface area contributed by atoms with Gasteiger partial charge in [0.15, 0.2) is 11.5 Å². The lowest BCUT2D eigenvalue weighted by Gasteiger charge is -2.15. The minimum Gasteiger partial charge on any atom is -0.497 e. The summed E-state index contributed by atoms with van der Waals surface area (Å²) in [6.45, 7) is 2.68. The number of carbonyl (C=O) groups is 1. The van der Waals surface area contributed by atoms with E-state index in [0.29, 0.717) is 28.7 Å². The fraction of sp³-hybridized carbons (Fsp3) is 0.185. The number of rotatable bonds is 10. The number of halogens is 2. The average molecular weight is 511 g/mol. The highest BCUT2D eigenvalue weighted by atomic mass is 35.5. The van der Waals surface area contributed by atoms with Crippen molar-refractivity contribution in [2.75, 3.05) is 13.7 Å². The molecule has 0 spiro atoms. The van der Waals surface area contributed by atoms with Gasteiger partial charge in [0, 0.05) is 17.1 Å². The molecule has 3 aromatic carbocycles. The largest absolute Gasteiger partial charge is 0.497 e. The van der Waals surface area contributed by atoms with E-state index in [9.17, 15) is 10.1 Å². The summed E-state index contributed by atoms with van der Waals surface area (Å²) in [7, 11) is 1.58. The third-order valence-corrected chi connectivity index (χ3v) is 5.60. The number of ether oxygens (including phenoxy) is 3. The summed E-state index contributed by atoms with van der Waals surface area (Å²) in [5, 5.41) is 13.2. The van der Waals surface area contributed by atoms with Crippen LogP contribution < -0.4 is 19.5 Å². The summed E-state index contributed by atoms with van der Waals surface area (Å²) in [4.78, 5) is 12.6. The van der Waals surface area contributed by atoms with Gasteiger partial charge >= 0.3 is 0 Å². The third-order valence-electron chi connectivity index (χ3n) is 4.95. The first-order chi connectivity index (χ1) is 16.9. The summed E-state index contributed by atoms with van der Waals surface area (Å²) < 4.78 is 16.8. The Morgan fingerprint density at radius 3 is 2.46 bits per heavy atom. The van der Waals surface area contributed by atoms with E-state index >= 15 is 0 Å². The number of benzene rings is 3. The quantitative estimate of drug-likeness (QED) is 0.259. The van der Waals surface area contributed by atoms with Crippen LogP contribution >= 0.6 is 23.2 Å². The molecule has 0 aromatic heterocycles. The second-order valence-corrected chi connectivity index (χ2v) is 8.16. The van der Waals surface area contributed by atoms with Crippen molar-refractivity contribution in [3.05, 3.63) is 93.0 Å². The van der Waals surface area contributed by atoms with Crippen LogP contribution in [0.2, 0.25) is 10.0 Å². The maximum absolute atomic E-state index is 12.6. The van der Waals surface area contributed by atoms with Crippen molar-refractivity contribution in [2.24, 2.45) is 0 Å². The molecule has 3 aromatic rings. The van der Waals surface area contributed by atoms with Crippen molar-refractivity contribution in [3.8, 4) is 23.3 Å². The summed E-state index contributed by atoms with van der Waals surface area (Å²) in [6.07, 6.45) is 1.45. The monoisotopic (exact) mass is 510 g/mol. The Labute approximate surface area is 214 Å². The Bertz CT molecular complexity index is 1250. The molecule has 0 aliphatic carbocycles. The molecule has 180 valence electrons. The first kappa shape index (κ1) is 26.0. The van der Waals surface area contributed by atoms with Crippen LogP contribution in [-0.4, -0.2) is 19.6 Å². The lowest BCUT2D eigenvalue weighted by Crippen LogP contribution is -2.23. The number of nitrogens with one attached hydrogen (secondary N) is 1. The van der Waals surface area contributed by atoms with Crippen LogP contribution in [0.25, 0.3) is 6.08 Å².